The lowest BCUT2D eigenvalue weighted by Gasteiger charge is -2.16. The first-order valence-electron chi connectivity index (χ1n) is 6.74. The van der Waals surface area contributed by atoms with Gasteiger partial charge in [-0.05, 0) is 50.4 Å². The second-order valence-electron chi connectivity index (χ2n) is 4.06. The van der Waals surface area contributed by atoms with Crippen molar-refractivity contribution in [2.24, 2.45) is 5.73 Å². The number of unbranched alkanes of at least 4 members (excludes halogenated alkanes) is 1. The fourth-order valence-electron chi connectivity index (χ4n) is 1.86. The Labute approximate surface area is 112 Å². The molecule has 0 amide bonds. The van der Waals surface area contributed by atoms with Gasteiger partial charge in [0.25, 0.3) is 0 Å². The monoisotopic (exact) mass is 266 g/mol. The third kappa shape index (κ3) is 4.90. The number of hydrogen-bond acceptors (Lipinski definition) is 3. The van der Waals surface area contributed by atoms with Gasteiger partial charge in [0.2, 0.25) is 0 Å². The maximum atomic E-state index is 5.77. The standard InChI is InChI=1S/C14H24NO2Si/c1-3-16-18(17-4-2)14-11-6-5-9-13(14)10-7-8-12-15/h5-6,9,11H,3-4,7-8,10,12,15H2,1-2H3. The van der Waals surface area contributed by atoms with Crippen LogP contribution in [0.2, 0.25) is 0 Å². The van der Waals surface area contributed by atoms with Crippen LogP contribution in [0.4, 0.5) is 0 Å². The smallest absolute Gasteiger partial charge is 0.390 e. The SMILES string of the molecule is CCO[Si](OCC)c1ccccc1CCCCN. The fraction of sp³-hybridized carbons (Fsp3) is 0.571. The van der Waals surface area contributed by atoms with E-state index in [0.29, 0.717) is 13.2 Å². The van der Waals surface area contributed by atoms with Crippen molar-refractivity contribution in [3.63, 3.8) is 0 Å². The molecule has 0 spiro atoms. The van der Waals surface area contributed by atoms with Gasteiger partial charge in [-0.2, -0.15) is 0 Å². The van der Waals surface area contributed by atoms with Gasteiger partial charge in [-0.3, -0.25) is 0 Å². The molecule has 0 saturated heterocycles. The van der Waals surface area contributed by atoms with E-state index in [1.807, 2.05) is 13.8 Å². The summed E-state index contributed by atoms with van der Waals surface area (Å²) in [5.41, 5.74) is 6.89. The Bertz CT molecular complexity index is 327. The van der Waals surface area contributed by atoms with Crippen molar-refractivity contribution < 1.29 is 8.85 Å². The Morgan fingerprint density at radius 1 is 1.06 bits per heavy atom. The summed E-state index contributed by atoms with van der Waals surface area (Å²) >= 11 is 0. The average Bonchev–Trinajstić information content (AvgIpc) is 2.39. The van der Waals surface area contributed by atoms with Crippen LogP contribution in [0.15, 0.2) is 24.3 Å². The summed E-state index contributed by atoms with van der Waals surface area (Å²) in [7, 11) is -1.32. The Morgan fingerprint density at radius 3 is 2.33 bits per heavy atom. The molecule has 0 aromatic heterocycles. The molecule has 0 unspecified atom stereocenters. The molecule has 0 fully saturated rings. The van der Waals surface area contributed by atoms with Crippen molar-refractivity contribution in [2.45, 2.75) is 33.1 Å². The molecule has 0 saturated carbocycles. The second-order valence-corrected chi connectivity index (χ2v) is 5.75. The summed E-state index contributed by atoms with van der Waals surface area (Å²) in [6, 6.07) is 8.45. The van der Waals surface area contributed by atoms with Crippen molar-refractivity contribution in [3.05, 3.63) is 29.8 Å². The van der Waals surface area contributed by atoms with E-state index >= 15 is 0 Å². The Hall–Kier alpha value is -0.683. The minimum atomic E-state index is -1.32. The molecule has 2 N–H and O–H groups in total. The van der Waals surface area contributed by atoms with Gasteiger partial charge in [-0.25, -0.2) is 0 Å². The lowest BCUT2D eigenvalue weighted by molar-refractivity contribution is 0.225. The van der Waals surface area contributed by atoms with Gasteiger partial charge in [0.15, 0.2) is 0 Å². The van der Waals surface area contributed by atoms with Crippen LogP contribution in [0.25, 0.3) is 0 Å². The van der Waals surface area contributed by atoms with Crippen LogP contribution in [0.3, 0.4) is 0 Å². The quantitative estimate of drug-likeness (QED) is 0.547. The molecule has 18 heavy (non-hydrogen) atoms. The minimum absolute atomic E-state index is 0.700. The minimum Gasteiger partial charge on any atom is -0.390 e. The molecule has 1 rings (SSSR count). The van der Waals surface area contributed by atoms with Crippen molar-refractivity contribution in [1.29, 1.82) is 0 Å². The summed E-state index contributed by atoms with van der Waals surface area (Å²) in [5.74, 6) is 0. The maximum absolute atomic E-state index is 5.77. The Kier molecular flexibility index (Phi) is 7.92. The predicted octanol–water partition coefficient (Wildman–Crippen LogP) is 1.74. The number of hydrogen-bond donors (Lipinski definition) is 1. The molecule has 1 aromatic carbocycles. The van der Waals surface area contributed by atoms with Crippen molar-refractivity contribution in [1.82, 2.24) is 0 Å². The van der Waals surface area contributed by atoms with E-state index in [-0.39, 0.29) is 0 Å². The van der Waals surface area contributed by atoms with E-state index in [2.05, 4.69) is 24.3 Å². The zero-order valence-electron chi connectivity index (χ0n) is 11.4. The average molecular weight is 266 g/mol. The predicted molar refractivity (Wildman–Crippen MR) is 77.1 cm³/mol. The van der Waals surface area contributed by atoms with Crippen LogP contribution >= 0.6 is 0 Å². The van der Waals surface area contributed by atoms with Gasteiger partial charge in [-0.15, -0.1) is 0 Å². The summed E-state index contributed by atoms with van der Waals surface area (Å²) in [5, 5.41) is 1.25. The number of rotatable bonds is 9. The molecule has 4 heteroatoms. The van der Waals surface area contributed by atoms with E-state index in [1.54, 1.807) is 0 Å². The van der Waals surface area contributed by atoms with Crippen LogP contribution in [0.1, 0.15) is 32.3 Å². The maximum Gasteiger partial charge on any atom is 0.423 e. The normalized spacial score (nSPS) is 11.1. The van der Waals surface area contributed by atoms with Crippen LogP contribution in [-0.4, -0.2) is 29.0 Å². The van der Waals surface area contributed by atoms with E-state index in [1.165, 1.54) is 10.8 Å². The van der Waals surface area contributed by atoms with Gasteiger partial charge in [0.05, 0.1) is 0 Å². The molecule has 0 bridgehead atoms. The molecule has 0 aliphatic rings. The molecule has 0 aliphatic carbocycles. The summed E-state index contributed by atoms with van der Waals surface area (Å²) in [4.78, 5) is 0. The molecule has 0 heterocycles. The molecule has 1 radical (unpaired) electrons. The molecule has 0 aliphatic heterocycles. The van der Waals surface area contributed by atoms with Gasteiger partial charge in [0, 0.05) is 13.2 Å². The van der Waals surface area contributed by atoms with E-state index in [9.17, 15) is 0 Å². The van der Waals surface area contributed by atoms with Crippen LogP contribution in [-0.2, 0) is 15.3 Å². The van der Waals surface area contributed by atoms with Gasteiger partial charge in [-0.1, -0.05) is 24.3 Å². The topological polar surface area (TPSA) is 44.5 Å². The zero-order valence-corrected chi connectivity index (χ0v) is 12.4. The van der Waals surface area contributed by atoms with Gasteiger partial charge in [0.1, 0.15) is 0 Å². The zero-order chi connectivity index (χ0) is 13.2. The molecule has 1 aromatic rings. The Morgan fingerprint density at radius 2 is 1.72 bits per heavy atom. The van der Waals surface area contributed by atoms with Gasteiger partial charge < -0.3 is 14.6 Å². The van der Waals surface area contributed by atoms with Crippen molar-refractivity contribution in [2.75, 3.05) is 19.8 Å². The second kappa shape index (κ2) is 9.27. The lowest BCUT2D eigenvalue weighted by atomic mass is 10.1. The number of nitrogens with two attached hydrogens (primary N) is 1. The highest BCUT2D eigenvalue weighted by Crippen LogP contribution is 2.05. The van der Waals surface area contributed by atoms with E-state index in [4.69, 9.17) is 14.6 Å². The molecule has 3 nitrogen and oxygen atoms in total. The molecule has 101 valence electrons. The number of benzene rings is 1. The highest BCUT2D eigenvalue weighted by Gasteiger charge is 2.20. The lowest BCUT2D eigenvalue weighted by Crippen LogP contribution is -2.39. The fourth-order valence-corrected chi connectivity index (χ4v) is 3.48. The third-order valence-corrected chi connectivity index (χ3v) is 4.72. The van der Waals surface area contributed by atoms with E-state index in [0.717, 1.165) is 25.8 Å². The first-order valence-corrected chi connectivity index (χ1v) is 8.06. The number of aryl methyl sites for hydroxylation is 1. The van der Waals surface area contributed by atoms with Crippen LogP contribution in [0, 0.1) is 0 Å². The highest BCUT2D eigenvalue weighted by atomic mass is 28.3. The van der Waals surface area contributed by atoms with Gasteiger partial charge >= 0.3 is 9.28 Å². The highest BCUT2D eigenvalue weighted by molar-refractivity contribution is 6.61. The summed E-state index contributed by atoms with van der Waals surface area (Å²) in [6.07, 6.45) is 3.25. The third-order valence-electron chi connectivity index (χ3n) is 2.69. The van der Waals surface area contributed by atoms with E-state index < -0.39 is 9.28 Å². The Balaban J connectivity index is 2.76. The first kappa shape index (κ1) is 15.4. The summed E-state index contributed by atoms with van der Waals surface area (Å²) < 4.78 is 11.5. The van der Waals surface area contributed by atoms with Crippen LogP contribution in [0.5, 0.6) is 0 Å². The van der Waals surface area contributed by atoms with Crippen LogP contribution < -0.4 is 10.9 Å². The summed E-state index contributed by atoms with van der Waals surface area (Å²) in [6.45, 7) is 6.19. The molecule has 0 atom stereocenters. The van der Waals surface area contributed by atoms with Crippen molar-refractivity contribution >= 4 is 14.5 Å². The van der Waals surface area contributed by atoms with Crippen molar-refractivity contribution in [3.8, 4) is 0 Å². The first-order chi connectivity index (χ1) is 8.83. The molecular weight excluding hydrogens is 242 g/mol. The molecular formula is C14H24NO2Si. The largest absolute Gasteiger partial charge is 0.423 e.